The summed E-state index contributed by atoms with van der Waals surface area (Å²) in [6.45, 7) is 1.29. The number of fused-ring (bicyclic) bond motifs is 1. The highest BCUT2D eigenvalue weighted by molar-refractivity contribution is 6.22. The fourth-order valence-electron chi connectivity index (χ4n) is 3.79. The molecule has 4 rings (SSSR count). The average Bonchev–Trinajstić information content (AvgIpc) is 2.96. The Morgan fingerprint density at radius 2 is 1.81 bits per heavy atom. The molecule has 27 heavy (non-hydrogen) atoms. The fourth-order valence-corrected chi connectivity index (χ4v) is 3.79. The summed E-state index contributed by atoms with van der Waals surface area (Å²) in [4.78, 5) is 39.7. The van der Waals surface area contributed by atoms with Crippen molar-refractivity contribution in [2.45, 2.75) is 25.4 Å². The van der Waals surface area contributed by atoms with Gasteiger partial charge in [0.25, 0.3) is 5.91 Å². The van der Waals surface area contributed by atoms with Crippen LogP contribution in [0.25, 0.3) is 0 Å². The molecular weight excluding hydrogens is 348 g/mol. The van der Waals surface area contributed by atoms with Gasteiger partial charge in [0.15, 0.2) is 0 Å². The Bertz CT molecular complexity index is 955. The minimum Gasteiger partial charge on any atom is -0.507 e. The predicted octanol–water partition coefficient (Wildman–Crippen LogP) is 1.78. The molecule has 0 saturated carbocycles. The summed E-state index contributed by atoms with van der Waals surface area (Å²) in [6.07, 6.45) is 0.876. The van der Waals surface area contributed by atoms with Crippen molar-refractivity contribution in [1.82, 2.24) is 4.90 Å². The van der Waals surface area contributed by atoms with Gasteiger partial charge in [0, 0.05) is 13.1 Å². The quantitative estimate of drug-likeness (QED) is 0.804. The summed E-state index contributed by atoms with van der Waals surface area (Å²) in [6, 6.07) is 11.2. The zero-order chi connectivity index (χ0) is 19.1. The van der Waals surface area contributed by atoms with Gasteiger partial charge in [0.1, 0.15) is 11.3 Å². The molecule has 1 fully saturated rings. The number of anilines is 1. The van der Waals surface area contributed by atoms with Gasteiger partial charge in [-0.05, 0) is 35.7 Å². The van der Waals surface area contributed by atoms with Gasteiger partial charge in [-0.3, -0.25) is 14.5 Å². The molecule has 138 valence electrons. The van der Waals surface area contributed by atoms with Crippen molar-refractivity contribution in [3.63, 3.8) is 0 Å². The van der Waals surface area contributed by atoms with Gasteiger partial charge in [0.05, 0.1) is 18.2 Å². The molecule has 2 aromatic rings. The minimum atomic E-state index is -1.32. The molecule has 1 unspecified atom stereocenters. The molecule has 1 atom stereocenters. The average molecular weight is 366 g/mol. The van der Waals surface area contributed by atoms with E-state index in [4.69, 9.17) is 5.11 Å². The van der Waals surface area contributed by atoms with Crippen molar-refractivity contribution < 1.29 is 24.6 Å². The van der Waals surface area contributed by atoms with E-state index in [1.54, 1.807) is 0 Å². The van der Waals surface area contributed by atoms with Crippen molar-refractivity contribution in [2.24, 2.45) is 0 Å². The second-order valence-electron chi connectivity index (χ2n) is 6.78. The molecule has 0 aliphatic carbocycles. The summed E-state index contributed by atoms with van der Waals surface area (Å²) >= 11 is 0. The summed E-state index contributed by atoms with van der Waals surface area (Å²) in [7, 11) is 0. The number of carboxylic acids is 1. The molecule has 2 aliphatic rings. The first-order valence-electron chi connectivity index (χ1n) is 8.69. The first kappa shape index (κ1) is 17.2. The number of benzene rings is 2. The number of aromatic carboxylic acids is 1. The molecule has 2 amide bonds. The van der Waals surface area contributed by atoms with E-state index in [9.17, 15) is 19.5 Å². The summed E-state index contributed by atoms with van der Waals surface area (Å²) < 4.78 is 0. The molecule has 0 radical (unpaired) electrons. The van der Waals surface area contributed by atoms with E-state index in [1.807, 2.05) is 23.1 Å². The second kappa shape index (κ2) is 6.51. The molecule has 0 aromatic heterocycles. The topological polar surface area (TPSA) is 98.2 Å². The van der Waals surface area contributed by atoms with E-state index in [1.165, 1.54) is 17.7 Å². The summed E-state index contributed by atoms with van der Waals surface area (Å²) in [5.41, 5.74) is 2.23. The number of phenols is 1. The third kappa shape index (κ3) is 2.96. The van der Waals surface area contributed by atoms with E-state index in [-0.39, 0.29) is 29.5 Å². The zero-order valence-corrected chi connectivity index (χ0v) is 14.5. The van der Waals surface area contributed by atoms with E-state index in [0.29, 0.717) is 13.1 Å². The van der Waals surface area contributed by atoms with Crippen molar-refractivity contribution >= 4 is 23.5 Å². The molecular formula is C20H18N2O5. The lowest BCUT2D eigenvalue weighted by Crippen LogP contribution is -2.44. The predicted molar refractivity (Wildman–Crippen MR) is 96.5 cm³/mol. The number of hydrogen-bond donors (Lipinski definition) is 2. The highest BCUT2D eigenvalue weighted by Crippen LogP contribution is 2.31. The van der Waals surface area contributed by atoms with Crippen LogP contribution in [0.1, 0.15) is 27.9 Å². The van der Waals surface area contributed by atoms with Crippen LogP contribution in [0.15, 0.2) is 42.5 Å². The van der Waals surface area contributed by atoms with Crippen molar-refractivity contribution in [3.8, 4) is 5.75 Å². The fraction of sp³-hybridized carbons (Fsp3) is 0.250. The highest BCUT2D eigenvalue weighted by atomic mass is 16.4. The lowest BCUT2D eigenvalue weighted by molar-refractivity contribution is -0.123. The van der Waals surface area contributed by atoms with E-state index < -0.39 is 17.8 Å². The second-order valence-corrected chi connectivity index (χ2v) is 6.78. The molecule has 7 heteroatoms. The molecule has 2 N–H and O–H groups in total. The van der Waals surface area contributed by atoms with Gasteiger partial charge >= 0.3 is 5.97 Å². The Labute approximate surface area is 155 Å². The van der Waals surface area contributed by atoms with Crippen LogP contribution in [-0.4, -0.2) is 45.5 Å². The molecule has 1 saturated heterocycles. The normalized spacial score (nSPS) is 20.0. The van der Waals surface area contributed by atoms with E-state index in [2.05, 4.69) is 6.07 Å². The smallest absolute Gasteiger partial charge is 0.339 e. The van der Waals surface area contributed by atoms with Crippen LogP contribution in [0.4, 0.5) is 5.69 Å². The number of amides is 2. The van der Waals surface area contributed by atoms with Crippen molar-refractivity contribution in [1.29, 1.82) is 0 Å². The summed E-state index contributed by atoms with van der Waals surface area (Å²) in [5, 5.41) is 18.8. The molecule has 0 spiro atoms. The van der Waals surface area contributed by atoms with Gasteiger partial charge in [0.2, 0.25) is 5.91 Å². The van der Waals surface area contributed by atoms with Crippen LogP contribution >= 0.6 is 0 Å². The Hall–Kier alpha value is -3.19. The molecule has 7 nitrogen and oxygen atoms in total. The molecule has 2 heterocycles. The van der Waals surface area contributed by atoms with Gasteiger partial charge in [-0.2, -0.15) is 0 Å². The number of carboxylic acid groups (broad SMARTS) is 1. The number of rotatable bonds is 3. The molecule has 2 aromatic carbocycles. The monoisotopic (exact) mass is 366 g/mol. The van der Waals surface area contributed by atoms with Gasteiger partial charge in [-0.15, -0.1) is 0 Å². The number of carbonyl (C=O) groups excluding carboxylic acids is 2. The number of nitrogens with zero attached hydrogens (tertiary/aromatic N) is 2. The van der Waals surface area contributed by atoms with Gasteiger partial charge in [-0.1, -0.05) is 24.3 Å². The lowest BCUT2D eigenvalue weighted by atomic mass is 9.98. The third-order valence-electron chi connectivity index (χ3n) is 5.19. The Kier molecular flexibility index (Phi) is 4.16. The third-order valence-corrected chi connectivity index (χ3v) is 5.19. The minimum absolute atomic E-state index is 0.0598. The number of imide groups is 1. The van der Waals surface area contributed by atoms with Crippen LogP contribution in [0.3, 0.4) is 0 Å². The van der Waals surface area contributed by atoms with Gasteiger partial charge in [-0.25, -0.2) is 9.69 Å². The highest BCUT2D eigenvalue weighted by Gasteiger charge is 2.43. The maximum Gasteiger partial charge on any atom is 0.339 e. The van der Waals surface area contributed by atoms with Crippen LogP contribution in [-0.2, 0) is 22.6 Å². The maximum absolute atomic E-state index is 12.9. The first-order valence-corrected chi connectivity index (χ1v) is 8.69. The van der Waals surface area contributed by atoms with Crippen LogP contribution < -0.4 is 4.90 Å². The van der Waals surface area contributed by atoms with E-state index >= 15 is 0 Å². The van der Waals surface area contributed by atoms with E-state index in [0.717, 1.165) is 23.0 Å². The van der Waals surface area contributed by atoms with Crippen molar-refractivity contribution in [3.05, 3.63) is 59.2 Å². The summed E-state index contributed by atoms with van der Waals surface area (Å²) in [5.74, 6) is -2.46. The SMILES string of the molecule is O=C(O)c1cc(N2C(=O)CC(N3CCc4ccccc4C3)C2=O)ccc1O. The number of carbonyl (C=O) groups is 3. The number of aromatic hydroxyl groups is 1. The largest absolute Gasteiger partial charge is 0.507 e. The molecule has 2 aliphatic heterocycles. The van der Waals surface area contributed by atoms with Crippen LogP contribution in [0, 0.1) is 0 Å². The molecule has 0 bridgehead atoms. The Balaban J connectivity index is 1.60. The number of hydrogen-bond acceptors (Lipinski definition) is 5. The first-order chi connectivity index (χ1) is 13.0. The lowest BCUT2D eigenvalue weighted by Gasteiger charge is -2.32. The van der Waals surface area contributed by atoms with Crippen molar-refractivity contribution in [2.75, 3.05) is 11.4 Å². The Morgan fingerprint density at radius 1 is 1.07 bits per heavy atom. The zero-order valence-electron chi connectivity index (χ0n) is 14.5. The maximum atomic E-state index is 12.9. The van der Waals surface area contributed by atoms with Crippen LogP contribution in [0.2, 0.25) is 0 Å². The van der Waals surface area contributed by atoms with Crippen LogP contribution in [0.5, 0.6) is 5.75 Å². The van der Waals surface area contributed by atoms with Gasteiger partial charge < -0.3 is 10.2 Å². The Morgan fingerprint density at radius 3 is 2.56 bits per heavy atom. The standard InChI is InChI=1S/C20H18N2O5/c23-17-6-5-14(9-15(17)20(26)27)22-18(24)10-16(19(22)25)21-8-7-12-3-1-2-4-13(12)11-21/h1-6,9,16,23H,7-8,10-11H2,(H,26,27).